The molecule has 1 aliphatic rings. The van der Waals surface area contributed by atoms with Crippen LogP contribution in [0.5, 0.6) is 0 Å². The van der Waals surface area contributed by atoms with Crippen molar-refractivity contribution in [1.29, 1.82) is 0 Å². The van der Waals surface area contributed by atoms with Crippen LogP contribution in [0.4, 0.5) is 0 Å². The van der Waals surface area contributed by atoms with Gasteiger partial charge in [0.25, 0.3) is 0 Å². The zero-order valence-electron chi connectivity index (χ0n) is 9.96. The molecule has 0 atom stereocenters. The summed E-state index contributed by atoms with van der Waals surface area (Å²) >= 11 is 0. The highest BCUT2D eigenvalue weighted by molar-refractivity contribution is 5.97. The standard InChI is InChI=1S/C15H17NO/c1-2-3-4-8-15(17)14-7-5-6-12-11-16-10-9-13(12)14/h1,5-7,16H,3-4,8-11H2. The normalized spacial score (nSPS) is 13.8. The highest BCUT2D eigenvalue weighted by atomic mass is 16.1. The summed E-state index contributed by atoms with van der Waals surface area (Å²) in [5, 5.41) is 3.32. The van der Waals surface area contributed by atoms with E-state index in [1.807, 2.05) is 12.1 Å². The molecule has 0 saturated carbocycles. The molecule has 1 heterocycles. The fourth-order valence-corrected chi connectivity index (χ4v) is 2.28. The molecule has 1 aliphatic heterocycles. The second kappa shape index (κ2) is 5.65. The number of carbonyl (C=O) groups excluding carboxylic acids is 1. The Bertz CT molecular complexity index is 456. The van der Waals surface area contributed by atoms with Crippen molar-refractivity contribution in [3.05, 3.63) is 34.9 Å². The number of Topliss-reactive ketones (excluding diaryl/α,β-unsaturated/α-hetero) is 1. The van der Waals surface area contributed by atoms with Gasteiger partial charge < -0.3 is 5.32 Å². The number of unbranched alkanes of at least 4 members (excludes halogenated alkanes) is 1. The molecule has 2 heteroatoms. The van der Waals surface area contributed by atoms with Crippen molar-refractivity contribution in [2.24, 2.45) is 0 Å². The summed E-state index contributed by atoms with van der Waals surface area (Å²) in [7, 11) is 0. The van der Waals surface area contributed by atoms with E-state index in [9.17, 15) is 4.79 Å². The molecule has 0 amide bonds. The first-order chi connectivity index (χ1) is 8.33. The van der Waals surface area contributed by atoms with Gasteiger partial charge in [-0.1, -0.05) is 18.2 Å². The molecule has 2 nitrogen and oxygen atoms in total. The predicted octanol–water partition coefficient (Wildman–Crippen LogP) is 2.32. The molecule has 1 aromatic carbocycles. The average Bonchev–Trinajstić information content (AvgIpc) is 2.38. The van der Waals surface area contributed by atoms with Crippen molar-refractivity contribution in [2.75, 3.05) is 6.54 Å². The number of terminal acetylenes is 1. The summed E-state index contributed by atoms with van der Waals surface area (Å²) in [6.45, 7) is 1.84. The van der Waals surface area contributed by atoms with E-state index in [2.05, 4.69) is 17.3 Å². The molecule has 0 fully saturated rings. The Labute approximate surface area is 102 Å². The molecule has 0 aliphatic carbocycles. The van der Waals surface area contributed by atoms with Gasteiger partial charge in [-0.05, 0) is 30.5 Å². The summed E-state index contributed by atoms with van der Waals surface area (Å²) < 4.78 is 0. The molecular weight excluding hydrogens is 210 g/mol. The van der Waals surface area contributed by atoms with Gasteiger partial charge in [-0.3, -0.25) is 4.79 Å². The molecule has 0 unspecified atom stereocenters. The summed E-state index contributed by atoms with van der Waals surface area (Å²) in [6.07, 6.45) is 8.18. The number of carbonyl (C=O) groups is 1. The molecular formula is C15H17NO. The number of hydrogen-bond donors (Lipinski definition) is 1. The Morgan fingerprint density at radius 2 is 2.35 bits per heavy atom. The highest BCUT2D eigenvalue weighted by Gasteiger charge is 2.16. The maximum atomic E-state index is 12.1. The van der Waals surface area contributed by atoms with Crippen LogP contribution < -0.4 is 5.32 Å². The number of benzene rings is 1. The van der Waals surface area contributed by atoms with Crippen LogP contribution in [0.25, 0.3) is 0 Å². The fourth-order valence-electron chi connectivity index (χ4n) is 2.28. The first kappa shape index (κ1) is 11.9. The lowest BCUT2D eigenvalue weighted by Crippen LogP contribution is -2.25. The lowest BCUT2D eigenvalue weighted by Gasteiger charge is -2.19. The topological polar surface area (TPSA) is 29.1 Å². The van der Waals surface area contributed by atoms with Gasteiger partial charge in [0.05, 0.1) is 0 Å². The predicted molar refractivity (Wildman–Crippen MR) is 68.9 cm³/mol. The van der Waals surface area contributed by atoms with E-state index in [0.29, 0.717) is 12.8 Å². The van der Waals surface area contributed by atoms with Crippen LogP contribution in [-0.2, 0) is 13.0 Å². The van der Waals surface area contributed by atoms with Crippen LogP contribution in [0.2, 0.25) is 0 Å². The van der Waals surface area contributed by atoms with E-state index in [1.54, 1.807) is 0 Å². The number of rotatable bonds is 4. The Kier molecular flexibility index (Phi) is 3.95. The third-order valence-corrected chi connectivity index (χ3v) is 3.17. The molecule has 17 heavy (non-hydrogen) atoms. The fraction of sp³-hybridized carbons (Fsp3) is 0.400. The van der Waals surface area contributed by atoms with Crippen molar-refractivity contribution >= 4 is 5.78 Å². The molecule has 0 radical (unpaired) electrons. The molecule has 1 N–H and O–H groups in total. The second-order valence-corrected chi connectivity index (χ2v) is 4.35. The largest absolute Gasteiger partial charge is 0.312 e. The van der Waals surface area contributed by atoms with E-state index in [-0.39, 0.29) is 5.78 Å². The second-order valence-electron chi connectivity index (χ2n) is 4.35. The maximum Gasteiger partial charge on any atom is 0.163 e. The summed E-state index contributed by atoms with van der Waals surface area (Å²) in [4.78, 5) is 12.1. The molecule has 1 aromatic rings. The van der Waals surface area contributed by atoms with Gasteiger partial charge in [-0.15, -0.1) is 12.3 Å². The van der Waals surface area contributed by atoms with E-state index >= 15 is 0 Å². The van der Waals surface area contributed by atoms with Crippen molar-refractivity contribution in [3.8, 4) is 12.3 Å². The van der Waals surface area contributed by atoms with E-state index in [4.69, 9.17) is 6.42 Å². The smallest absolute Gasteiger partial charge is 0.163 e. The number of nitrogens with one attached hydrogen (secondary N) is 1. The van der Waals surface area contributed by atoms with Crippen molar-refractivity contribution in [2.45, 2.75) is 32.2 Å². The van der Waals surface area contributed by atoms with Gasteiger partial charge in [0.2, 0.25) is 0 Å². The SMILES string of the molecule is C#CCCCC(=O)c1cccc2c1CCNC2. The summed E-state index contributed by atoms with van der Waals surface area (Å²) in [5.41, 5.74) is 3.40. The average molecular weight is 227 g/mol. The van der Waals surface area contributed by atoms with Crippen LogP contribution in [0, 0.1) is 12.3 Å². The van der Waals surface area contributed by atoms with Crippen molar-refractivity contribution in [3.63, 3.8) is 0 Å². The molecule has 0 bridgehead atoms. The van der Waals surface area contributed by atoms with Crippen molar-refractivity contribution in [1.82, 2.24) is 5.32 Å². The minimum Gasteiger partial charge on any atom is -0.312 e. The molecule has 0 spiro atoms. The summed E-state index contributed by atoms with van der Waals surface area (Å²) in [6, 6.07) is 6.02. The quantitative estimate of drug-likeness (QED) is 0.486. The van der Waals surface area contributed by atoms with Crippen LogP contribution in [0.15, 0.2) is 18.2 Å². The minimum absolute atomic E-state index is 0.235. The van der Waals surface area contributed by atoms with Gasteiger partial charge in [-0.2, -0.15) is 0 Å². The molecule has 0 aromatic heterocycles. The summed E-state index contributed by atoms with van der Waals surface area (Å²) in [5.74, 6) is 2.81. The van der Waals surface area contributed by atoms with Crippen LogP contribution in [0.3, 0.4) is 0 Å². The first-order valence-electron chi connectivity index (χ1n) is 6.11. The molecule has 0 saturated heterocycles. The van der Waals surface area contributed by atoms with Crippen LogP contribution in [-0.4, -0.2) is 12.3 Å². The van der Waals surface area contributed by atoms with E-state index < -0.39 is 0 Å². The van der Waals surface area contributed by atoms with Gasteiger partial charge in [0.1, 0.15) is 0 Å². The Morgan fingerprint density at radius 3 is 3.18 bits per heavy atom. The van der Waals surface area contributed by atoms with Gasteiger partial charge in [0.15, 0.2) is 5.78 Å². The third kappa shape index (κ3) is 2.75. The van der Waals surface area contributed by atoms with E-state index in [0.717, 1.165) is 31.5 Å². The maximum absolute atomic E-state index is 12.1. The third-order valence-electron chi connectivity index (χ3n) is 3.17. The van der Waals surface area contributed by atoms with Gasteiger partial charge in [0, 0.05) is 24.9 Å². The lowest BCUT2D eigenvalue weighted by atomic mass is 9.92. The van der Waals surface area contributed by atoms with E-state index in [1.165, 1.54) is 11.1 Å². The van der Waals surface area contributed by atoms with Crippen LogP contribution >= 0.6 is 0 Å². The zero-order valence-corrected chi connectivity index (χ0v) is 9.96. The number of ketones is 1. The van der Waals surface area contributed by atoms with Crippen molar-refractivity contribution < 1.29 is 4.79 Å². The number of hydrogen-bond acceptors (Lipinski definition) is 2. The minimum atomic E-state index is 0.235. The Balaban J connectivity index is 2.15. The van der Waals surface area contributed by atoms with Gasteiger partial charge >= 0.3 is 0 Å². The Hall–Kier alpha value is -1.59. The Morgan fingerprint density at radius 1 is 1.47 bits per heavy atom. The highest BCUT2D eigenvalue weighted by Crippen LogP contribution is 2.20. The molecule has 88 valence electrons. The van der Waals surface area contributed by atoms with Gasteiger partial charge in [-0.25, -0.2) is 0 Å². The van der Waals surface area contributed by atoms with Crippen LogP contribution in [0.1, 0.15) is 40.7 Å². The zero-order chi connectivity index (χ0) is 12.1. The first-order valence-corrected chi connectivity index (χ1v) is 6.11. The lowest BCUT2D eigenvalue weighted by molar-refractivity contribution is 0.0979. The monoisotopic (exact) mass is 227 g/mol. The molecule has 2 rings (SSSR count). The number of fused-ring (bicyclic) bond motifs is 1.